The zero-order valence-corrected chi connectivity index (χ0v) is 19.0. The van der Waals surface area contributed by atoms with Crippen LogP contribution in [0, 0.1) is 0 Å². The highest BCUT2D eigenvalue weighted by atomic mass is 16.5. The van der Waals surface area contributed by atoms with E-state index in [-0.39, 0.29) is 12.3 Å². The number of carbonyl (C=O) groups is 1. The van der Waals surface area contributed by atoms with E-state index in [9.17, 15) is 4.79 Å². The molecule has 2 N–H and O–H groups in total. The van der Waals surface area contributed by atoms with Crippen molar-refractivity contribution in [3.63, 3.8) is 0 Å². The van der Waals surface area contributed by atoms with Crippen LogP contribution in [0.2, 0.25) is 0 Å². The highest BCUT2D eigenvalue weighted by Gasteiger charge is 2.42. The molecule has 1 aliphatic rings. The number of rotatable bonds is 9. The van der Waals surface area contributed by atoms with E-state index in [0.717, 1.165) is 24.1 Å². The van der Waals surface area contributed by atoms with Crippen LogP contribution in [0.1, 0.15) is 29.5 Å². The molecule has 0 saturated heterocycles. The number of methoxy groups -OCH3 is 4. The van der Waals surface area contributed by atoms with Crippen LogP contribution in [-0.4, -0.2) is 52.8 Å². The molecule has 7 nitrogen and oxygen atoms in total. The van der Waals surface area contributed by atoms with E-state index < -0.39 is 5.54 Å². The Morgan fingerprint density at radius 3 is 2.19 bits per heavy atom. The third-order valence-electron chi connectivity index (χ3n) is 6.29. The monoisotopic (exact) mass is 428 g/mol. The molecule has 0 bridgehead atoms. The van der Waals surface area contributed by atoms with E-state index in [4.69, 9.17) is 24.7 Å². The zero-order chi connectivity index (χ0) is 22.6. The van der Waals surface area contributed by atoms with Gasteiger partial charge in [0, 0.05) is 13.0 Å². The minimum Gasteiger partial charge on any atom is -0.493 e. The molecule has 0 aromatic heterocycles. The highest BCUT2D eigenvalue weighted by molar-refractivity contribution is 5.74. The lowest BCUT2D eigenvalue weighted by atomic mass is 9.73. The van der Waals surface area contributed by atoms with Gasteiger partial charge in [-0.25, -0.2) is 0 Å². The lowest BCUT2D eigenvalue weighted by Gasteiger charge is -2.47. The van der Waals surface area contributed by atoms with Crippen molar-refractivity contribution in [2.45, 2.75) is 31.2 Å². The van der Waals surface area contributed by atoms with Crippen LogP contribution < -0.4 is 24.7 Å². The van der Waals surface area contributed by atoms with E-state index >= 15 is 0 Å². The van der Waals surface area contributed by atoms with Crippen LogP contribution in [-0.2, 0) is 23.2 Å². The predicted molar refractivity (Wildman–Crippen MR) is 119 cm³/mol. The molecule has 0 fully saturated rings. The zero-order valence-electron chi connectivity index (χ0n) is 19.0. The van der Waals surface area contributed by atoms with Crippen molar-refractivity contribution in [3.8, 4) is 23.0 Å². The van der Waals surface area contributed by atoms with E-state index in [1.807, 2.05) is 24.3 Å². The third kappa shape index (κ3) is 4.42. The number of ether oxygens (including phenoxy) is 4. The normalized spacial score (nSPS) is 18.2. The number of fused-ring (bicyclic) bond motifs is 1. The first kappa shape index (κ1) is 22.7. The summed E-state index contributed by atoms with van der Waals surface area (Å²) < 4.78 is 22.0. The lowest BCUT2D eigenvalue weighted by molar-refractivity contribution is -0.118. The topological polar surface area (TPSA) is 83.2 Å². The first-order valence-corrected chi connectivity index (χ1v) is 10.3. The summed E-state index contributed by atoms with van der Waals surface area (Å²) in [5.41, 5.74) is 8.55. The minimum absolute atomic E-state index is 0.283. The van der Waals surface area contributed by atoms with Crippen molar-refractivity contribution in [2.75, 3.05) is 42.0 Å². The van der Waals surface area contributed by atoms with Crippen molar-refractivity contribution >= 4 is 5.91 Å². The maximum atomic E-state index is 11.8. The molecule has 0 unspecified atom stereocenters. The molecule has 1 atom stereocenters. The summed E-state index contributed by atoms with van der Waals surface area (Å²) in [6, 6.07) is 10.0. The SMILES string of the molecule is COc1ccc(C[C@]2(CCC(N)=O)c3cc(OC)c(OC)cc3CCN2C)cc1OC. The molecule has 31 heavy (non-hydrogen) atoms. The van der Waals surface area contributed by atoms with Gasteiger partial charge in [0.25, 0.3) is 0 Å². The van der Waals surface area contributed by atoms with E-state index in [2.05, 4.69) is 18.0 Å². The van der Waals surface area contributed by atoms with Gasteiger partial charge in [-0.2, -0.15) is 0 Å². The van der Waals surface area contributed by atoms with Crippen LogP contribution in [0.4, 0.5) is 0 Å². The van der Waals surface area contributed by atoms with Gasteiger partial charge >= 0.3 is 0 Å². The van der Waals surface area contributed by atoms with Gasteiger partial charge in [-0.3, -0.25) is 9.69 Å². The van der Waals surface area contributed by atoms with Crippen molar-refractivity contribution < 1.29 is 23.7 Å². The van der Waals surface area contributed by atoms with Crippen LogP contribution in [0.25, 0.3) is 0 Å². The Kier molecular flexibility index (Phi) is 6.95. The van der Waals surface area contributed by atoms with E-state index in [1.165, 1.54) is 5.56 Å². The molecule has 2 aromatic carbocycles. The minimum atomic E-state index is -0.429. The maximum Gasteiger partial charge on any atom is 0.217 e. The summed E-state index contributed by atoms with van der Waals surface area (Å²) >= 11 is 0. The maximum absolute atomic E-state index is 11.8. The Bertz CT molecular complexity index is 946. The Hall–Kier alpha value is -2.93. The largest absolute Gasteiger partial charge is 0.493 e. The summed E-state index contributed by atoms with van der Waals surface area (Å²) in [6.07, 6.45) is 2.44. The molecular formula is C24H32N2O5. The van der Waals surface area contributed by atoms with Crippen molar-refractivity contribution in [1.82, 2.24) is 4.90 Å². The number of hydrogen-bond acceptors (Lipinski definition) is 6. The summed E-state index contributed by atoms with van der Waals surface area (Å²) in [5.74, 6) is 2.43. The van der Waals surface area contributed by atoms with Gasteiger partial charge in [-0.1, -0.05) is 6.07 Å². The van der Waals surface area contributed by atoms with Crippen LogP contribution in [0.3, 0.4) is 0 Å². The summed E-state index contributed by atoms with van der Waals surface area (Å²) in [5, 5.41) is 0. The molecule has 3 rings (SSSR count). The standard InChI is InChI=1S/C24H32N2O5/c1-26-11-9-17-13-21(30-4)22(31-5)14-18(17)24(26,10-8-23(25)27)15-16-6-7-19(28-2)20(12-16)29-3/h6-7,12-14H,8-11,15H2,1-5H3,(H2,25,27)/t24-/m1/s1. The van der Waals surface area contributed by atoms with Gasteiger partial charge in [-0.15, -0.1) is 0 Å². The first-order chi connectivity index (χ1) is 14.9. The van der Waals surface area contributed by atoms with Crippen molar-refractivity contribution in [1.29, 1.82) is 0 Å². The Morgan fingerprint density at radius 2 is 1.58 bits per heavy atom. The van der Waals surface area contributed by atoms with Gasteiger partial charge in [-0.05, 0) is 67.3 Å². The van der Waals surface area contributed by atoms with Crippen LogP contribution in [0.15, 0.2) is 30.3 Å². The van der Waals surface area contributed by atoms with Gasteiger partial charge in [0.15, 0.2) is 23.0 Å². The highest BCUT2D eigenvalue weighted by Crippen LogP contribution is 2.45. The number of likely N-dealkylation sites (N-methyl/N-ethyl adjacent to an activating group) is 1. The fourth-order valence-electron chi connectivity index (χ4n) is 4.57. The molecular weight excluding hydrogens is 396 g/mol. The van der Waals surface area contributed by atoms with Gasteiger partial charge in [0.05, 0.1) is 34.0 Å². The summed E-state index contributed by atoms with van der Waals surface area (Å²) in [7, 11) is 8.63. The van der Waals surface area contributed by atoms with Crippen LogP contribution >= 0.6 is 0 Å². The van der Waals surface area contributed by atoms with E-state index in [1.54, 1.807) is 28.4 Å². The molecule has 0 radical (unpaired) electrons. The molecule has 168 valence electrons. The average molecular weight is 429 g/mol. The van der Waals surface area contributed by atoms with Crippen molar-refractivity contribution in [2.24, 2.45) is 5.73 Å². The number of primary amides is 1. The number of amides is 1. The lowest BCUT2D eigenvalue weighted by Crippen LogP contribution is -2.50. The van der Waals surface area contributed by atoms with Crippen LogP contribution in [0.5, 0.6) is 23.0 Å². The predicted octanol–water partition coefficient (Wildman–Crippen LogP) is 2.91. The van der Waals surface area contributed by atoms with Gasteiger partial charge < -0.3 is 24.7 Å². The molecule has 0 aliphatic carbocycles. The van der Waals surface area contributed by atoms with Crippen molar-refractivity contribution in [3.05, 3.63) is 47.0 Å². The second-order valence-corrected chi connectivity index (χ2v) is 7.90. The fourth-order valence-corrected chi connectivity index (χ4v) is 4.57. The summed E-state index contributed by atoms with van der Waals surface area (Å²) in [6.45, 7) is 0.856. The van der Waals surface area contributed by atoms with Gasteiger partial charge in [0.1, 0.15) is 0 Å². The number of nitrogens with zero attached hydrogens (tertiary/aromatic N) is 1. The Balaban J connectivity index is 2.15. The molecule has 0 spiro atoms. The molecule has 0 saturated carbocycles. The number of nitrogens with two attached hydrogens (primary N) is 1. The second kappa shape index (κ2) is 9.47. The molecule has 7 heteroatoms. The number of benzene rings is 2. The molecule has 2 aromatic rings. The second-order valence-electron chi connectivity index (χ2n) is 7.90. The number of hydrogen-bond donors (Lipinski definition) is 1. The molecule has 1 heterocycles. The van der Waals surface area contributed by atoms with E-state index in [0.29, 0.717) is 35.8 Å². The Labute approximate surface area is 184 Å². The molecule has 1 aliphatic heterocycles. The first-order valence-electron chi connectivity index (χ1n) is 10.3. The fraction of sp³-hybridized carbons (Fsp3) is 0.458. The quantitative estimate of drug-likeness (QED) is 0.661. The smallest absolute Gasteiger partial charge is 0.217 e. The third-order valence-corrected chi connectivity index (χ3v) is 6.29. The Morgan fingerprint density at radius 1 is 0.968 bits per heavy atom. The van der Waals surface area contributed by atoms with Gasteiger partial charge in [0.2, 0.25) is 5.91 Å². The molecule has 1 amide bonds. The summed E-state index contributed by atoms with van der Waals surface area (Å²) in [4.78, 5) is 14.1. The number of carbonyl (C=O) groups excluding carboxylic acids is 1. The average Bonchev–Trinajstić information content (AvgIpc) is 2.78.